The maximum absolute atomic E-state index is 4.52. The van der Waals surface area contributed by atoms with Crippen LogP contribution in [0.1, 0.15) is 30.9 Å². The first-order chi connectivity index (χ1) is 9.22. The van der Waals surface area contributed by atoms with Crippen LogP contribution < -0.4 is 10.2 Å². The maximum atomic E-state index is 4.52. The zero-order valence-corrected chi connectivity index (χ0v) is 11.3. The van der Waals surface area contributed by atoms with Crippen molar-refractivity contribution in [1.82, 2.24) is 15.2 Å². The van der Waals surface area contributed by atoms with E-state index < -0.39 is 0 Å². The van der Waals surface area contributed by atoms with Gasteiger partial charge in [0.05, 0.1) is 0 Å². The van der Waals surface area contributed by atoms with Crippen LogP contribution >= 0.6 is 0 Å². The Kier molecular flexibility index (Phi) is 3.11. The minimum absolute atomic E-state index is 0.670. The fourth-order valence-electron chi connectivity index (χ4n) is 2.20. The molecule has 3 rings (SSSR count). The third kappa shape index (κ3) is 2.54. The Hall–Kier alpha value is -2.04. The van der Waals surface area contributed by atoms with Crippen molar-refractivity contribution >= 4 is 17.5 Å². The Bertz CT molecular complexity index is 556. The van der Waals surface area contributed by atoms with Crippen LogP contribution in [0.2, 0.25) is 0 Å². The predicted molar refractivity (Wildman–Crippen MR) is 77.0 cm³/mol. The van der Waals surface area contributed by atoms with Gasteiger partial charge in [0, 0.05) is 31.8 Å². The molecule has 100 valence electrons. The normalized spacial score (nSPS) is 15.1. The van der Waals surface area contributed by atoms with E-state index in [2.05, 4.69) is 26.6 Å². The van der Waals surface area contributed by atoms with Gasteiger partial charge >= 0.3 is 0 Å². The fourth-order valence-corrected chi connectivity index (χ4v) is 2.20. The Balaban J connectivity index is 1.73. The van der Waals surface area contributed by atoms with Gasteiger partial charge in [-0.1, -0.05) is 12.5 Å². The number of pyridine rings is 1. The van der Waals surface area contributed by atoms with Crippen LogP contribution in [0.3, 0.4) is 0 Å². The number of aromatic amines is 1. The third-order valence-electron chi connectivity index (χ3n) is 3.59. The van der Waals surface area contributed by atoms with Crippen LogP contribution in [0, 0.1) is 0 Å². The molecule has 5 heteroatoms. The molecular weight excluding hydrogens is 238 g/mol. The lowest BCUT2D eigenvalue weighted by atomic mass is 9.83. The first-order valence-corrected chi connectivity index (χ1v) is 6.69. The van der Waals surface area contributed by atoms with Gasteiger partial charge in [0.15, 0.2) is 5.82 Å². The minimum atomic E-state index is 0.670. The highest BCUT2D eigenvalue weighted by molar-refractivity contribution is 5.55. The van der Waals surface area contributed by atoms with Gasteiger partial charge in [-0.25, -0.2) is 4.98 Å². The van der Waals surface area contributed by atoms with Crippen molar-refractivity contribution in [3.63, 3.8) is 0 Å². The number of rotatable bonds is 4. The smallest absolute Gasteiger partial charge is 0.153 e. The molecule has 1 fully saturated rings. The van der Waals surface area contributed by atoms with Crippen molar-refractivity contribution in [2.24, 2.45) is 0 Å². The molecule has 0 radical (unpaired) electrons. The number of aromatic nitrogens is 3. The minimum Gasteiger partial charge on any atom is -0.363 e. The number of nitrogens with one attached hydrogen (secondary N) is 2. The first-order valence-electron chi connectivity index (χ1n) is 6.69. The van der Waals surface area contributed by atoms with Crippen LogP contribution in [-0.2, 0) is 0 Å². The molecule has 2 heterocycles. The van der Waals surface area contributed by atoms with Crippen LogP contribution in [0.4, 0.5) is 17.5 Å². The summed E-state index contributed by atoms with van der Waals surface area (Å²) in [6, 6.07) is 8.01. The lowest BCUT2D eigenvalue weighted by Gasteiger charge is -2.23. The quantitative estimate of drug-likeness (QED) is 0.884. The largest absolute Gasteiger partial charge is 0.363 e. The summed E-state index contributed by atoms with van der Waals surface area (Å²) in [7, 11) is 3.96. The third-order valence-corrected chi connectivity index (χ3v) is 3.59. The van der Waals surface area contributed by atoms with Gasteiger partial charge in [0.25, 0.3) is 0 Å². The topological polar surface area (TPSA) is 56.8 Å². The Morgan fingerprint density at radius 1 is 1.26 bits per heavy atom. The summed E-state index contributed by atoms with van der Waals surface area (Å²) >= 11 is 0. The summed E-state index contributed by atoms with van der Waals surface area (Å²) in [5.74, 6) is 3.26. The molecule has 1 aliphatic rings. The second-order valence-electron chi connectivity index (χ2n) is 5.24. The maximum Gasteiger partial charge on any atom is 0.153 e. The number of H-pyrrole nitrogens is 1. The zero-order chi connectivity index (χ0) is 13.2. The molecule has 19 heavy (non-hydrogen) atoms. The van der Waals surface area contributed by atoms with Crippen LogP contribution in [0.25, 0.3) is 0 Å². The molecule has 0 aliphatic heterocycles. The van der Waals surface area contributed by atoms with E-state index in [9.17, 15) is 0 Å². The summed E-state index contributed by atoms with van der Waals surface area (Å²) in [5.41, 5.74) is 1.23. The van der Waals surface area contributed by atoms with Crippen molar-refractivity contribution in [2.75, 3.05) is 24.3 Å². The van der Waals surface area contributed by atoms with Gasteiger partial charge in [-0.15, -0.1) is 0 Å². The lowest BCUT2D eigenvalue weighted by Crippen LogP contribution is -2.11. The molecular formula is C14H19N5. The van der Waals surface area contributed by atoms with Gasteiger partial charge in [0.1, 0.15) is 11.6 Å². The lowest BCUT2D eigenvalue weighted by molar-refractivity contribution is 0.410. The van der Waals surface area contributed by atoms with Gasteiger partial charge in [0.2, 0.25) is 0 Å². The van der Waals surface area contributed by atoms with Crippen molar-refractivity contribution in [1.29, 1.82) is 0 Å². The number of anilines is 3. The summed E-state index contributed by atoms with van der Waals surface area (Å²) < 4.78 is 0. The second-order valence-corrected chi connectivity index (χ2v) is 5.24. The van der Waals surface area contributed by atoms with E-state index in [0.29, 0.717) is 5.92 Å². The highest BCUT2D eigenvalue weighted by Gasteiger charge is 2.21. The summed E-state index contributed by atoms with van der Waals surface area (Å²) in [6.45, 7) is 0. The van der Waals surface area contributed by atoms with Gasteiger partial charge in [-0.05, 0) is 25.0 Å². The Morgan fingerprint density at radius 2 is 2.11 bits per heavy atom. The van der Waals surface area contributed by atoms with Gasteiger partial charge < -0.3 is 10.2 Å². The average molecular weight is 257 g/mol. The van der Waals surface area contributed by atoms with Gasteiger partial charge in [-0.2, -0.15) is 5.10 Å². The van der Waals surface area contributed by atoms with Gasteiger partial charge in [-0.3, -0.25) is 5.10 Å². The summed E-state index contributed by atoms with van der Waals surface area (Å²) in [6.07, 6.45) is 3.88. The molecule has 2 aromatic rings. The van der Waals surface area contributed by atoms with E-state index in [1.807, 2.05) is 37.2 Å². The molecule has 2 N–H and O–H groups in total. The SMILES string of the molecule is CN(C)c1cccc(Nc2cc(C3CCC3)[nH]n2)n1. The first kappa shape index (κ1) is 12.0. The van der Waals surface area contributed by atoms with E-state index in [1.54, 1.807) is 0 Å². The molecule has 0 atom stereocenters. The van der Waals surface area contributed by atoms with E-state index in [1.165, 1.54) is 25.0 Å². The highest BCUT2D eigenvalue weighted by Crippen LogP contribution is 2.36. The molecule has 0 spiro atoms. The van der Waals surface area contributed by atoms with E-state index in [-0.39, 0.29) is 0 Å². The number of hydrogen-bond donors (Lipinski definition) is 2. The van der Waals surface area contributed by atoms with Crippen molar-refractivity contribution in [3.8, 4) is 0 Å². The molecule has 2 aromatic heterocycles. The molecule has 0 aromatic carbocycles. The molecule has 1 saturated carbocycles. The Labute approximate surface area is 113 Å². The van der Waals surface area contributed by atoms with E-state index in [0.717, 1.165) is 17.5 Å². The molecule has 0 saturated heterocycles. The van der Waals surface area contributed by atoms with E-state index >= 15 is 0 Å². The van der Waals surface area contributed by atoms with Crippen LogP contribution in [0.5, 0.6) is 0 Å². The fraction of sp³-hybridized carbons (Fsp3) is 0.429. The molecule has 0 amide bonds. The molecule has 5 nitrogen and oxygen atoms in total. The zero-order valence-electron chi connectivity index (χ0n) is 11.3. The standard InChI is InChI=1S/C14H19N5/c1-19(2)14-8-4-7-12(16-14)15-13-9-11(17-18-13)10-5-3-6-10/h4,7-10H,3,5-6H2,1-2H3,(H2,15,16,17,18). The number of nitrogens with zero attached hydrogens (tertiary/aromatic N) is 3. The van der Waals surface area contributed by atoms with Crippen molar-refractivity contribution in [3.05, 3.63) is 30.0 Å². The van der Waals surface area contributed by atoms with Crippen LogP contribution in [0.15, 0.2) is 24.3 Å². The van der Waals surface area contributed by atoms with Crippen molar-refractivity contribution in [2.45, 2.75) is 25.2 Å². The summed E-state index contributed by atoms with van der Waals surface area (Å²) in [4.78, 5) is 6.50. The van der Waals surface area contributed by atoms with E-state index in [4.69, 9.17) is 0 Å². The van der Waals surface area contributed by atoms with Crippen molar-refractivity contribution < 1.29 is 0 Å². The molecule has 0 bridgehead atoms. The second kappa shape index (κ2) is 4.91. The molecule has 0 unspecified atom stereocenters. The average Bonchev–Trinajstić information content (AvgIpc) is 2.75. The molecule has 1 aliphatic carbocycles. The number of hydrogen-bond acceptors (Lipinski definition) is 4. The van der Waals surface area contributed by atoms with Crippen LogP contribution in [-0.4, -0.2) is 29.3 Å². The predicted octanol–water partition coefficient (Wildman–Crippen LogP) is 2.88. The highest BCUT2D eigenvalue weighted by atomic mass is 15.2. The Morgan fingerprint density at radius 3 is 2.79 bits per heavy atom. The summed E-state index contributed by atoms with van der Waals surface area (Å²) in [5, 5.41) is 10.7. The monoisotopic (exact) mass is 257 g/mol.